The maximum Gasteiger partial charge on any atom is 0.223 e. The molecule has 0 fully saturated rings. The Morgan fingerprint density at radius 3 is 2.06 bits per heavy atom. The van der Waals surface area contributed by atoms with Gasteiger partial charge < -0.3 is 9.52 Å². The quantitative estimate of drug-likeness (QED) is 0.0889. The van der Waals surface area contributed by atoms with Crippen molar-refractivity contribution >= 4 is 49.4 Å². The fraction of sp³-hybridized carbons (Fsp3) is 0.426. The van der Waals surface area contributed by atoms with E-state index in [-0.39, 0.29) is 47.9 Å². The summed E-state index contributed by atoms with van der Waals surface area (Å²) in [5.41, 5.74) is 5.33. The molecule has 2 aromatic heterocycles. The van der Waals surface area contributed by atoms with Gasteiger partial charge in [0, 0.05) is 58.9 Å². The molecule has 0 saturated carbocycles. The minimum atomic E-state index is -0.337. The van der Waals surface area contributed by atoms with Crippen LogP contribution in [0.3, 0.4) is 0 Å². The molecule has 6 rings (SSSR count). The van der Waals surface area contributed by atoms with Crippen LogP contribution in [0.2, 0.25) is 0 Å². The zero-order valence-electron chi connectivity index (χ0n) is 33.7. The molecule has 53 heavy (non-hydrogen) atoms. The van der Waals surface area contributed by atoms with Gasteiger partial charge in [-0.1, -0.05) is 136 Å². The van der Waals surface area contributed by atoms with E-state index < -0.39 is 0 Å². The molecule has 5 nitrogen and oxygen atoms in total. The zero-order valence-corrected chi connectivity index (χ0v) is 36.1. The molecule has 2 heterocycles. The van der Waals surface area contributed by atoms with Gasteiger partial charge in [-0.3, -0.25) is 9.78 Å². The molecular weight excluding hydrogens is 833 g/mol. The van der Waals surface area contributed by atoms with Crippen molar-refractivity contribution in [1.82, 2.24) is 9.97 Å². The van der Waals surface area contributed by atoms with Crippen molar-refractivity contribution in [3.8, 4) is 11.3 Å². The third kappa shape index (κ3) is 8.30. The average Bonchev–Trinajstić information content (AvgIpc) is 3.51. The Hall–Kier alpha value is -3.86. The fourth-order valence-electron chi connectivity index (χ4n) is 6.80. The number of hydrogen-bond donors (Lipinski definition) is 1. The van der Waals surface area contributed by atoms with Gasteiger partial charge >= 0.3 is 0 Å². The van der Waals surface area contributed by atoms with E-state index in [2.05, 4.69) is 101 Å². The molecule has 1 radical (unpaired) electrons. The second-order valence-corrected chi connectivity index (χ2v) is 16.3. The molecule has 0 aliphatic heterocycles. The molecule has 4 aromatic carbocycles. The summed E-state index contributed by atoms with van der Waals surface area (Å²) >= 11 is 0. The molecular formula is C47H57IrN2O3-. The van der Waals surface area contributed by atoms with E-state index in [9.17, 15) is 9.90 Å². The second kappa shape index (κ2) is 16.2. The number of carbonyl (C=O) groups is 1. The van der Waals surface area contributed by atoms with Gasteiger partial charge in [0.2, 0.25) is 5.71 Å². The summed E-state index contributed by atoms with van der Waals surface area (Å²) in [6.07, 6.45) is 4.75. The Morgan fingerprint density at radius 1 is 0.830 bits per heavy atom. The van der Waals surface area contributed by atoms with E-state index in [0.29, 0.717) is 17.5 Å². The standard InChI is InChI=1S/C32H29N2O.C15H28O2.Ir/c1-18(2)20-11-13-25-22(15-20)12-14-26-28-29(33-19(3)34-31(28)35-30(25)26)23-16-21-9-7-8-10-24(21)27(17-23)32(4,5)6;1-7-14(5,8-2)12(16)11-13(17)15(6,9-3)10-4;/h7-15,17-18H,1-6H3;11,16H,7-10H2,1-6H3;/q-1;;/b;12-11-;. The van der Waals surface area contributed by atoms with Crippen LogP contribution in [0.25, 0.3) is 54.9 Å². The van der Waals surface area contributed by atoms with Crippen molar-refractivity contribution < 1.29 is 34.4 Å². The first kappa shape index (κ1) is 41.9. The number of aliphatic hydroxyl groups excluding tert-OH is 1. The number of ketones is 1. The molecule has 1 N–H and O–H groups in total. The smallest absolute Gasteiger partial charge is 0.223 e. The number of fused-ring (bicyclic) bond motifs is 6. The van der Waals surface area contributed by atoms with Crippen LogP contribution in [0.5, 0.6) is 0 Å². The number of hydrogen-bond acceptors (Lipinski definition) is 5. The van der Waals surface area contributed by atoms with Gasteiger partial charge in [0.15, 0.2) is 5.78 Å². The molecule has 6 heteroatoms. The van der Waals surface area contributed by atoms with E-state index in [4.69, 9.17) is 14.4 Å². The van der Waals surface area contributed by atoms with Gasteiger partial charge in [-0.15, -0.1) is 29.1 Å². The minimum absolute atomic E-state index is 0. The summed E-state index contributed by atoms with van der Waals surface area (Å²) in [6, 6.07) is 25.4. The molecule has 0 unspecified atom stereocenters. The van der Waals surface area contributed by atoms with Crippen LogP contribution in [0.4, 0.5) is 0 Å². The first-order chi connectivity index (χ1) is 24.5. The predicted octanol–water partition coefficient (Wildman–Crippen LogP) is 13.5. The summed E-state index contributed by atoms with van der Waals surface area (Å²) in [6.45, 7) is 25.2. The van der Waals surface area contributed by atoms with Crippen LogP contribution in [-0.2, 0) is 30.3 Å². The van der Waals surface area contributed by atoms with Crippen molar-refractivity contribution in [1.29, 1.82) is 0 Å². The number of furan rings is 1. The molecule has 283 valence electrons. The Bertz CT molecular complexity index is 2280. The number of allylic oxidation sites excluding steroid dienone is 2. The van der Waals surface area contributed by atoms with E-state index in [1.54, 1.807) is 0 Å². The molecule has 0 spiro atoms. The van der Waals surface area contributed by atoms with Gasteiger partial charge in [-0.25, -0.2) is 0 Å². The van der Waals surface area contributed by atoms with Gasteiger partial charge in [0.25, 0.3) is 0 Å². The van der Waals surface area contributed by atoms with Crippen LogP contribution >= 0.6 is 0 Å². The second-order valence-electron chi connectivity index (χ2n) is 16.3. The Labute approximate surface area is 330 Å². The maximum absolute atomic E-state index is 12.2. The number of rotatable bonds is 9. The van der Waals surface area contributed by atoms with Crippen LogP contribution in [0, 0.1) is 23.8 Å². The molecule has 0 amide bonds. The summed E-state index contributed by atoms with van der Waals surface area (Å²) in [4.78, 5) is 21.8. The van der Waals surface area contributed by atoms with Crippen LogP contribution < -0.4 is 0 Å². The normalized spacial score (nSPS) is 12.7. The third-order valence-corrected chi connectivity index (χ3v) is 11.6. The fourth-order valence-corrected chi connectivity index (χ4v) is 6.80. The van der Waals surface area contributed by atoms with Crippen LogP contribution in [-0.4, -0.2) is 20.9 Å². The molecule has 0 aliphatic carbocycles. The number of aryl methyl sites for hydroxylation is 1. The van der Waals surface area contributed by atoms with Crippen LogP contribution in [0.15, 0.2) is 76.9 Å². The number of aliphatic hydroxyl groups is 1. The summed E-state index contributed by atoms with van der Waals surface area (Å²) in [5, 5.41) is 16.7. The first-order valence-electron chi connectivity index (χ1n) is 19.0. The maximum atomic E-state index is 12.2. The number of benzene rings is 4. The van der Waals surface area contributed by atoms with Crippen molar-refractivity contribution in [2.45, 2.75) is 120 Å². The Morgan fingerprint density at radius 2 is 1.45 bits per heavy atom. The molecule has 0 aliphatic rings. The number of nitrogens with zero attached hydrogens (tertiary/aromatic N) is 2. The third-order valence-electron chi connectivity index (χ3n) is 11.6. The molecule has 0 atom stereocenters. The molecule has 6 aromatic rings. The van der Waals surface area contributed by atoms with Crippen LogP contribution in [0.1, 0.15) is 125 Å². The monoisotopic (exact) mass is 890 g/mol. The SMILES string of the molecule is CCC(C)(CC)C(=O)/C=C(\O)C(C)(CC)CC.Cc1nc(-c2[c-]c3ccccc3c(C(C)(C)C)c2)c2c(n1)oc1c3ccc(C(C)C)cc3ccc12.[Ir]. The minimum Gasteiger partial charge on any atom is -0.512 e. The Kier molecular flexibility index (Phi) is 12.8. The summed E-state index contributed by atoms with van der Waals surface area (Å²) in [5.74, 6) is 1.46. The Balaban J connectivity index is 0.000000299. The topological polar surface area (TPSA) is 76.2 Å². The molecule has 0 saturated heterocycles. The van der Waals surface area contributed by atoms with Gasteiger partial charge in [0.1, 0.15) is 17.2 Å². The summed E-state index contributed by atoms with van der Waals surface area (Å²) < 4.78 is 6.43. The van der Waals surface area contributed by atoms with Gasteiger partial charge in [0.05, 0.1) is 0 Å². The number of carbonyl (C=O) groups excluding carboxylic acids is 1. The first-order valence-corrected chi connectivity index (χ1v) is 19.0. The largest absolute Gasteiger partial charge is 0.512 e. The number of aromatic nitrogens is 2. The van der Waals surface area contributed by atoms with Crippen molar-refractivity contribution in [2.24, 2.45) is 10.8 Å². The molecule has 0 bridgehead atoms. The predicted molar refractivity (Wildman–Crippen MR) is 219 cm³/mol. The van der Waals surface area contributed by atoms with Gasteiger partial charge in [-0.05, 0) is 54.9 Å². The van der Waals surface area contributed by atoms with Crippen molar-refractivity contribution in [3.63, 3.8) is 0 Å². The zero-order chi connectivity index (χ0) is 38.2. The average molecular weight is 890 g/mol. The van der Waals surface area contributed by atoms with E-state index in [1.807, 2.05) is 48.5 Å². The van der Waals surface area contributed by atoms with Crippen molar-refractivity contribution in [3.05, 3.63) is 95.5 Å². The van der Waals surface area contributed by atoms with E-state index >= 15 is 0 Å². The van der Waals surface area contributed by atoms with Gasteiger partial charge in [-0.2, -0.15) is 4.98 Å². The van der Waals surface area contributed by atoms with Crippen molar-refractivity contribution in [2.75, 3.05) is 0 Å². The van der Waals surface area contributed by atoms with E-state index in [0.717, 1.165) is 64.1 Å². The summed E-state index contributed by atoms with van der Waals surface area (Å²) in [7, 11) is 0. The van der Waals surface area contributed by atoms with E-state index in [1.165, 1.54) is 28.0 Å².